The molecule has 1 rings (SSSR count). The van der Waals surface area contributed by atoms with Gasteiger partial charge >= 0.3 is 11.9 Å². The minimum atomic E-state index is -1.22. The average Bonchev–Trinajstić information content (AvgIpc) is 2.22. The Morgan fingerprint density at radius 1 is 1.44 bits per heavy atom. The van der Waals surface area contributed by atoms with E-state index in [2.05, 4.69) is 4.74 Å². The van der Waals surface area contributed by atoms with E-state index in [1.54, 1.807) is 0 Å². The van der Waals surface area contributed by atoms with Crippen molar-refractivity contribution in [2.24, 2.45) is 0 Å². The lowest BCUT2D eigenvalue weighted by Crippen LogP contribution is -2.43. The Balaban J connectivity index is 2.87. The van der Waals surface area contributed by atoms with Crippen molar-refractivity contribution in [1.29, 1.82) is 0 Å². The maximum atomic E-state index is 11.2. The number of esters is 2. The van der Waals surface area contributed by atoms with Crippen LogP contribution in [0.3, 0.4) is 0 Å². The van der Waals surface area contributed by atoms with Crippen molar-refractivity contribution in [3.63, 3.8) is 0 Å². The van der Waals surface area contributed by atoms with Crippen LogP contribution in [0.15, 0.2) is 11.6 Å². The lowest BCUT2D eigenvalue weighted by molar-refractivity contribution is -0.154. The third-order valence-corrected chi connectivity index (χ3v) is 2.27. The fourth-order valence-electron chi connectivity index (χ4n) is 1.51. The third-order valence-electron chi connectivity index (χ3n) is 2.27. The summed E-state index contributed by atoms with van der Waals surface area (Å²) in [5.74, 6) is -1.21. The lowest BCUT2D eigenvalue weighted by Gasteiger charge is -2.29. The molecule has 0 bridgehead atoms. The van der Waals surface area contributed by atoms with Gasteiger partial charge in [0.15, 0.2) is 0 Å². The van der Waals surface area contributed by atoms with Gasteiger partial charge in [-0.05, 0) is 6.08 Å². The molecule has 0 spiro atoms. The maximum Gasteiger partial charge on any atom is 0.333 e. The molecule has 0 heterocycles. The van der Waals surface area contributed by atoms with Gasteiger partial charge in [-0.3, -0.25) is 4.79 Å². The van der Waals surface area contributed by atoms with Crippen LogP contribution in [0.25, 0.3) is 0 Å². The van der Waals surface area contributed by atoms with E-state index in [9.17, 15) is 19.8 Å². The van der Waals surface area contributed by atoms with E-state index < -0.39 is 30.3 Å². The minimum absolute atomic E-state index is 0.0222. The van der Waals surface area contributed by atoms with Crippen LogP contribution in [0.5, 0.6) is 0 Å². The summed E-state index contributed by atoms with van der Waals surface area (Å²) in [4.78, 5) is 22.0. The van der Waals surface area contributed by atoms with Gasteiger partial charge in [0.05, 0.1) is 13.2 Å². The normalized spacial score (nSPS) is 29.2. The van der Waals surface area contributed by atoms with Crippen LogP contribution in [0.1, 0.15) is 13.3 Å². The second kappa shape index (κ2) is 5.09. The summed E-state index contributed by atoms with van der Waals surface area (Å²) in [6.45, 7) is 1.18. The first kappa shape index (κ1) is 12.7. The van der Waals surface area contributed by atoms with Crippen LogP contribution in [0.2, 0.25) is 0 Å². The zero-order chi connectivity index (χ0) is 12.3. The molecular weight excluding hydrogens is 216 g/mol. The number of rotatable bonds is 2. The van der Waals surface area contributed by atoms with Crippen molar-refractivity contribution < 1.29 is 29.3 Å². The molecule has 6 heteroatoms. The van der Waals surface area contributed by atoms with Crippen LogP contribution < -0.4 is 0 Å². The molecule has 2 N–H and O–H groups in total. The highest BCUT2D eigenvalue weighted by molar-refractivity contribution is 5.88. The van der Waals surface area contributed by atoms with Gasteiger partial charge in [0.25, 0.3) is 0 Å². The Morgan fingerprint density at radius 2 is 2.06 bits per heavy atom. The standard InChI is InChI=1S/C10H14O6/c1-5(11)16-8-4-6(10(14)15-2)3-7(12)9(8)13/h4,7-9,12-13H,3H2,1-2H3/t7-,8+,9+/m1/s1. The second-order valence-corrected chi connectivity index (χ2v) is 3.52. The Hall–Kier alpha value is -1.40. The molecule has 0 aliphatic heterocycles. The maximum absolute atomic E-state index is 11.2. The number of methoxy groups -OCH3 is 1. The van der Waals surface area contributed by atoms with Crippen LogP contribution in [-0.2, 0) is 19.1 Å². The summed E-state index contributed by atoms with van der Waals surface area (Å²) in [6, 6.07) is 0. The fourth-order valence-corrected chi connectivity index (χ4v) is 1.51. The molecule has 0 amide bonds. The van der Waals surface area contributed by atoms with E-state index in [4.69, 9.17) is 4.74 Å². The molecule has 3 atom stereocenters. The number of aliphatic hydroxyl groups excluding tert-OH is 2. The molecule has 6 nitrogen and oxygen atoms in total. The van der Waals surface area contributed by atoms with Crippen molar-refractivity contribution in [3.8, 4) is 0 Å². The van der Waals surface area contributed by atoms with E-state index in [0.29, 0.717) is 0 Å². The molecule has 0 saturated carbocycles. The smallest absolute Gasteiger partial charge is 0.333 e. The van der Waals surface area contributed by atoms with Crippen LogP contribution in [-0.4, -0.2) is 47.6 Å². The first-order valence-electron chi connectivity index (χ1n) is 4.78. The molecule has 1 aliphatic carbocycles. The van der Waals surface area contributed by atoms with Crippen LogP contribution in [0.4, 0.5) is 0 Å². The zero-order valence-electron chi connectivity index (χ0n) is 9.04. The number of hydrogen-bond acceptors (Lipinski definition) is 6. The van der Waals surface area contributed by atoms with Crippen molar-refractivity contribution in [3.05, 3.63) is 11.6 Å². The molecule has 0 radical (unpaired) electrons. The van der Waals surface area contributed by atoms with Gasteiger partial charge in [0, 0.05) is 18.9 Å². The number of aliphatic hydroxyl groups is 2. The minimum Gasteiger partial charge on any atom is -0.466 e. The first-order chi connectivity index (χ1) is 7.45. The highest BCUT2D eigenvalue weighted by atomic mass is 16.6. The summed E-state index contributed by atoms with van der Waals surface area (Å²) in [5, 5.41) is 19.0. The van der Waals surface area contributed by atoms with Gasteiger partial charge in [-0.15, -0.1) is 0 Å². The van der Waals surface area contributed by atoms with E-state index in [1.165, 1.54) is 20.1 Å². The van der Waals surface area contributed by atoms with Crippen molar-refractivity contribution >= 4 is 11.9 Å². The van der Waals surface area contributed by atoms with Gasteiger partial charge in [-0.1, -0.05) is 0 Å². The number of ether oxygens (including phenoxy) is 2. The van der Waals surface area contributed by atoms with Crippen molar-refractivity contribution in [2.45, 2.75) is 31.7 Å². The van der Waals surface area contributed by atoms with E-state index in [1.807, 2.05) is 0 Å². The van der Waals surface area contributed by atoms with Crippen LogP contribution in [0, 0.1) is 0 Å². The van der Waals surface area contributed by atoms with Crippen LogP contribution >= 0.6 is 0 Å². The summed E-state index contributed by atoms with van der Waals surface area (Å²) >= 11 is 0. The molecule has 1 aliphatic rings. The summed E-state index contributed by atoms with van der Waals surface area (Å²) < 4.78 is 9.25. The quantitative estimate of drug-likeness (QED) is 0.600. The molecule has 16 heavy (non-hydrogen) atoms. The monoisotopic (exact) mass is 230 g/mol. The van der Waals surface area contributed by atoms with Gasteiger partial charge in [-0.2, -0.15) is 0 Å². The summed E-state index contributed by atoms with van der Waals surface area (Å²) in [7, 11) is 1.21. The Kier molecular flexibility index (Phi) is 4.03. The van der Waals surface area contributed by atoms with Gasteiger partial charge in [0.2, 0.25) is 0 Å². The predicted molar refractivity (Wildman–Crippen MR) is 52.3 cm³/mol. The number of hydrogen-bond donors (Lipinski definition) is 2. The predicted octanol–water partition coefficient (Wildman–Crippen LogP) is -0.857. The fraction of sp³-hybridized carbons (Fsp3) is 0.600. The number of carbonyl (C=O) groups excluding carboxylic acids is 2. The Morgan fingerprint density at radius 3 is 2.56 bits per heavy atom. The molecule has 0 aromatic carbocycles. The van der Waals surface area contributed by atoms with E-state index >= 15 is 0 Å². The largest absolute Gasteiger partial charge is 0.466 e. The first-order valence-corrected chi connectivity index (χ1v) is 4.78. The lowest BCUT2D eigenvalue weighted by atomic mass is 9.92. The zero-order valence-corrected chi connectivity index (χ0v) is 9.04. The molecule has 0 aromatic heterocycles. The highest BCUT2D eigenvalue weighted by Crippen LogP contribution is 2.22. The molecular formula is C10H14O6. The van der Waals surface area contributed by atoms with Crippen molar-refractivity contribution in [1.82, 2.24) is 0 Å². The van der Waals surface area contributed by atoms with Crippen molar-refractivity contribution in [2.75, 3.05) is 7.11 Å². The van der Waals surface area contributed by atoms with Gasteiger partial charge in [-0.25, -0.2) is 4.79 Å². The average molecular weight is 230 g/mol. The third kappa shape index (κ3) is 2.80. The Labute approximate surface area is 92.5 Å². The highest BCUT2D eigenvalue weighted by Gasteiger charge is 2.34. The van der Waals surface area contributed by atoms with E-state index in [0.717, 1.165) is 0 Å². The summed E-state index contributed by atoms with van der Waals surface area (Å²) in [6.07, 6.45) is -2.12. The summed E-state index contributed by atoms with van der Waals surface area (Å²) in [5.41, 5.74) is 0.187. The SMILES string of the molecule is COC(=O)C1=C[C@H](OC(C)=O)[C@@H](O)[C@H](O)C1. The molecule has 0 aromatic rings. The van der Waals surface area contributed by atoms with Gasteiger partial charge in [0.1, 0.15) is 12.2 Å². The topological polar surface area (TPSA) is 93.1 Å². The Bertz CT molecular complexity index is 321. The molecule has 0 unspecified atom stereocenters. The molecule has 0 fully saturated rings. The number of carbonyl (C=O) groups is 2. The molecule has 0 saturated heterocycles. The second-order valence-electron chi connectivity index (χ2n) is 3.52. The molecule has 90 valence electrons. The van der Waals surface area contributed by atoms with Gasteiger partial charge < -0.3 is 19.7 Å². The van der Waals surface area contributed by atoms with E-state index in [-0.39, 0.29) is 12.0 Å².